The fourth-order valence-corrected chi connectivity index (χ4v) is 3.28. The molecule has 1 aromatic carbocycles. The average Bonchev–Trinajstić information content (AvgIpc) is 2.29. The maximum absolute atomic E-state index is 13.1. The van der Waals surface area contributed by atoms with Gasteiger partial charge in [-0.15, -0.1) is 11.8 Å². The second-order valence-electron chi connectivity index (χ2n) is 4.55. The highest BCUT2D eigenvalue weighted by atomic mass is 32.2. The Hall–Kier alpha value is -0.740. The van der Waals surface area contributed by atoms with E-state index in [-0.39, 0.29) is 5.82 Å². The number of piperidine rings is 1. The molecule has 0 amide bonds. The van der Waals surface area contributed by atoms with Gasteiger partial charge in [-0.2, -0.15) is 0 Å². The van der Waals surface area contributed by atoms with Gasteiger partial charge in [-0.3, -0.25) is 0 Å². The normalized spacial score (nSPS) is 17.2. The monoisotopic (exact) mass is 254 g/mol. The number of anilines is 1. The molecule has 0 aromatic heterocycles. The van der Waals surface area contributed by atoms with Crippen molar-refractivity contribution < 1.29 is 4.39 Å². The van der Waals surface area contributed by atoms with Crippen LogP contribution in [0.2, 0.25) is 0 Å². The van der Waals surface area contributed by atoms with Crippen LogP contribution in [0.25, 0.3) is 0 Å². The third-order valence-corrected chi connectivity index (χ3v) is 4.16. The van der Waals surface area contributed by atoms with Crippen molar-refractivity contribution in [1.82, 2.24) is 5.32 Å². The molecule has 1 aromatic rings. The fourth-order valence-electron chi connectivity index (χ4n) is 2.18. The van der Waals surface area contributed by atoms with E-state index in [1.807, 2.05) is 6.07 Å². The first kappa shape index (κ1) is 12.7. The molecule has 1 heterocycles. The Morgan fingerprint density at radius 2 is 2.06 bits per heavy atom. The first-order valence-corrected chi connectivity index (χ1v) is 7.12. The van der Waals surface area contributed by atoms with Crippen LogP contribution in [-0.4, -0.2) is 18.8 Å². The standard InChI is InChI=1S/C13H19FN2S/c14-11-7-12(15)9-13(8-11)17-6-3-10-1-4-16-5-2-10/h7-10,16H,1-6,15H2. The number of nitrogen functional groups attached to an aromatic ring is 1. The van der Waals surface area contributed by atoms with Crippen molar-refractivity contribution in [3.8, 4) is 0 Å². The summed E-state index contributed by atoms with van der Waals surface area (Å²) in [7, 11) is 0. The Balaban J connectivity index is 1.77. The van der Waals surface area contributed by atoms with Crippen molar-refractivity contribution in [1.29, 1.82) is 0 Å². The zero-order valence-electron chi connectivity index (χ0n) is 9.92. The van der Waals surface area contributed by atoms with Gasteiger partial charge in [0.25, 0.3) is 0 Å². The molecule has 0 atom stereocenters. The van der Waals surface area contributed by atoms with Gasteiger partial charge in [-0.05, 0) is 62.2 Å². The van der Waals surface area contributed by atoms with Crippen molar-refractivity contribution >= 4 is 17.4 Å². The molecule has 4 heteroatoms. The highest BCUT2D eigenvalue weighted by Gasteiger charge is 2.12. The molecular weight excluding hydrogens is 235 g/mol. The van der Waals surface area contributed by atoms with E-state index >= 15 is 0 Å². The van der Waals surface area contributed by atoms with Gasteiger partial charge >= 0.3 is 0 Å². The van der Waals surface area contributed by atoms with Gasteiger partial charge in [-0.1, -0.05) is 0 Å². The summed E-state index contributed by atoms with van der Waals surface area (Å²) in [6.07, 6.45) is 3.75. The molecule has 1 fully saturated rings. The van der Waals surface area contributed by atoms with Crippen molar-refractivity contribution in [2.24, 2.45) is 5.92 Å². The smallest absolute Gasteiger partial charge is 0.126 e. The van der Waals surface area contributed by atoms with Gasteiger partial charge in [0.15, 0.2) is 0 Å². The van der Waals surface area contributed by atoms with Crippen molar-refractivity contribution in [3.63, 3.8) is 0 Å². The molecule has 0 spiro atoms. The highest BCUT2D eigenvalue weighted by molar-refractivity contribution is 7.99. The zero-order chi connectivity index (χ0) is 12.1. The lowest BCUT2D eigenvalue weighted by Crippen LogP contribution is -2.27. The molecule has 2 nitrogen and oxygen atoms in total. The van der Waals surface area contributed by atoms with Gasteiger partial charge in [-0.25, -0.2) is 4.39 Å². The lowest BCUT2D eigenvalue weighted by Gasteiger charge is -2.22. The van der Waals surface area contributed by atoms with Crippen LogP contribution in [0.1, 0.15) is 19.3 Å². The summed E-state index contributed by atoms with van der Waals surface area (Å²) in [6.45, 7) is 2.28. The number of hydrogen-bond donors (Lipinski definition) is 2. The molecule has 0 unspecified atom stereocenters. The van der Waals surface area contributed by atoms with E-state index in [0.717, 1.165) is 29.7 Å². The summed E-state index contributed by atoms with van der Waals surface area (Å²) >= 11 is 1.70. The number of nitrogens with one attached hydrogen (secondary N) is 1. The Morgan fingerprint density at radius 1 is 1.29 bits per heavy atom. The summed E-state index contributed by atoms with van der Waals surface area (Å²) < 4.78 is 13.1. The van der Waals surface area contributed by atoms with Crippen LogP contribution in [0, 0.1) is 11.7 Å². The van der Waals surface area contributed by atoms with Crippen LogP contribution in [-0.2, 0) is 0 Å². The van der Waals surface area contributed by atoms with Crippen molar-refractivity contribution in [3.05, 3.63) is 24.0 Å². The number of benzene rings is 1. The Morgan fingerprint density at radius 3 is 2.76 bits per heavy atom. The van der Waals surface area contributed by atoms with E-state index in [0.29, 0.717) is 5.69 Å². The summed E-state index contributed by atoms with van der Waals surface area (Å²) in [5.41, 5.74) is 6.12. The Kier molecular flexibility index (Phi) is 4.68. The third-order valence-electron chi connectivity index (χ3n) is 3.15. The fraction of sp³-hybridized carbons (Fsp3) is 0.538. The maximum atomic E-state index is 13.1. The zero-order valence-corrected chi connectivity index (χ0v) is 10.7. The predicted molar refractivity (Wildman–Crippen MR) is 71.7 cm³/mol. The molecule has 0 bridgehead atoms. The average molecular weight is 254 g/mol. The molecule has 1 aliphatic heterocycles. The lowest BCUT2D eigenvalue weighted by molar-refractivity contribution is 0.367. The number of rotatable bonds is 4. The van der Waals surface area contributed by atoms with E-state index in [2.05, 4.69) is 5.32 Å². The molecule has 3 N–H and O–H groups in total. The highest BCUT2D eigenvalue weighted by Crippen LogP contribution is 2.25. The summed E-state index contributed by atoms with van der Waals surface area (Å²) in [4.78, 5) is 0.941. The molecule has 94 valence electrons. The number of thioether (sulfide) groups is 1. The van der Waals surface area contributed by atoms with Crippen LogP contribution in [0.5, 0.6) is 0 Å². The molecule has 2 rings (SSSR count). The van der Waals surface area contributed by atoms with Crippen LogP contribution in [0.4, 0.5) is 10.1 Å². The topological polar surface area (TPSA) is 38.0 Å². The van der Waals surface area contributed by atoms with E-state index in [4.69, 9.17) is 5.73 Å². The summed E-state index contributed by atoms with van der Waals surface area (Å²) in [5.74, 6) is 1.64. The second-order valence-corrected chi connectivity index (χ2v) is 5.72. The summed E-state index contributed by atoms with van der Waals surface area (Å²) in [5, 5.41) is 3.36. The SMILES string of the molecule is Nc1cc(F)cc(SCCC2CCNCC2)c1. The van der Waals surface area contributed by atoms with Crippen molar-refractivity contribution in [2.75, 3.05) is 24.6 Å². The van der Waals surface area contributed by atoms with Gasteiger partial charge in [0.05, 0.1) is 0 Å². The molecular formula is C13H19FN2S. The van der Waals surface area contributed by atoms with Crippen molar-refractivity contribution in [2.45, 2.75) is 24.2 Å². The quantitative estimate of drug-likeness (QED) is 0.641. The third kappa shape index (κ3) is 4.21. The molecule has 0 saturated carbocycles. The minimum Gasteiger partial charge on any atom is -0.399 e. The minimum absolute atomic E-state index is 0.241. The first-order valence-electron chi connectivity index (χ1n) is 6.13. The molecule has 1 saturated heterocycles. The van der Waals surface area contributed by atoms with Crippen LogP contribution < -0.4 is 11.1 Å². The van der Waals surface area contributed by atoms with E-state index in [1.165, 1.54) is 25.3 Å². The number of hydrogen-bond acceptors (Lipinski definition) is 3. The lowest BCUT2D eigenvalue weighted by atomic mass is 9.96. The van der Waals surface area contributed by atoms with E-state index in [1.54, 1.807) is 17.8 Å². The molecule has 1 aliphatic rings. The second kappa shape index (κ2) is 6.26. The largest absolute Gasteiger partial charge is 0.399 e. The van der Waals surface area contributed by atoms with Gasteiger partial charge in [0, 0.05) is 10.6 Å². The van der Waals surface area contributed by atoms with Crippen LogP contribution >= 0.6 is 11.8 Å². The predicted octanol–water partition coefficient (Wildman–Crippen LogP) is 2.89. The van der Waals surface area contributed by atoms with Crippen LogP contribution in [0.15, 0.2) is 23.1 Å². The molecule has 0 radical (unpaired) electrons. The van der Waals surface area contributed by atoms with E-state index in [9.17, 15) is 4.39 Å². The van der Waals surface area contributed by atoms with E-state index < -0.39 is 0 Å². The van der Waals surface area contributed by atoms with Gasteiger partial charge < -0.3 is 11.1 Å². The van der Waals surface area contributed by atoms with Gasteiger partial charge in [0.2, 0.25) is 0 Å². The number of nitrogens with two attached hydrogens (primary N) is 1. The molecule has 17 heavy (non-hydrogen) atoms. The van der Waals surface area contributed by atoms with Crippen LogP contribution in [0.3, 0.4) is 0 Å². The summed E-state index contributed by atoms with van der Waals surface area (Å²) in [6, 6.07) is 4.76. The van der Waals surface area contributed by atoms with Gasteiger partial charge in [0.1, 0.15) is 5.82 Å². The maximum Gasteiger partial charge on any atom is 0.126 e. The Labute approximate surface area is 106 Å². The minimum atomic E-state index is -0.241. The number of halogens is 1. The Bertz CT molecular complexity index is 344. The molecule has 0 aliphatic carbocycles. The first-order chi connectivity index (χ1) is 8.24.